The van der Waals surface area contributed by atoms with Gasteiger partial charge in [0.15, 0.2) is 6.29 Å². The van der Waals surface area contributed by atoms with Gasteiger partial charge in [0.25, 0.3) is 0 Å². The van der Waals surface area contributed by atoms with Crippen LogP contribution in [-0.2, 0) is 0 Å². The molecular weight excluding hydrogens is 342 g/mol. The molecule has 2 rings (SSSR count). The number of carbonyl (C=O) groups is 1. The fraction of sp³-hybridized carbons (Fsp3) is 0.0714. The summed E-state index contributed by atoms with van der Waals surface area (Å²) in [6, 6.07) is 9.03. The molecule has 0 heterocycles. The Balaban J connectivity index is 2.44. The quantitative estimate of drug-likeness (QED) is 0.462. The van der Waals surface area contributed by atoms with E-state index in [-0.39, 0.29) is 22.7 Å². The van der Waals surface area contributed by atoms with Crippen molar-refractivity contribution in [2.24, 2.45) is 0 Å². The van der Waals surface area contributed by atoms with Crippen LogP contribution >= 0.6 is 15.9 Å². The fourth-order valence-corrected chi connectivity index (χ4v) is 2.05. The molecule has 0 unspecified atom stereocenters. The maximum Gasteiger partial charge on any atom is 0.315 e. The SMILES string of the molecule is COc1ccc(Oc2ccc(Br)cc2C=O)c([N+](=O)[O-])c1. The molecule has 0 saturated carbocycles. The maximum atomic E-state index is 11.1. The van der Waals surface area contributed by atoms with Crippen molar-refractivity contribution in [3.8, 4) is 17.2 Å². The van der Waals surface area contributed by atoms with Crippen LogP contribution < -0.4 is 9.47 Å². The number of halogens is 1. The molecule has 0 bridgehead atoms. The summed E-state index contributed by atoms with van der Waals surface area (Å²) in [5.74, 6) is 0.619. The standard InChI is InChI=1S/C14H10BrNO5/c1-20-11-3-5-14(12(7-11)16(18)19)21-13-4-2-10(15)6-9(13)8-17/h2-8H,1H3. The summed E-state index contributed by atoms with van der Waals surface area (Å²) < 4.78 is 11.2. The lowest BCUT2D eigenvalue weighted by Gasteiger charge is -2.09. The first-order valence-corrected chi connectivity index (χ1v) is 6.59. The molecule has 2 aromatic carbocycles. The average Bonchev–Trinajstić information content (AvgIpc) is 2.49. The van der Waals surface area contributed by atoms with Crippen LogP contribution in [0.4, 0.5) is 5.69 Å². The van der Waals surface area contributed by atoms with Gasteiger partial charge in [-0.2, -0.15) is 0 Å². The molecule has 0 aliphatic carbocycles. The van der Waals surface area contributed by atoms with Gasteiger partial charge in [0.2, 0.25) is 5.75 Å². The molecule has 108 valence electrons. The number of aldehydes is 1. The highest BCUT2D eigenvalue weighted by Gasteiger charge is 2.18. The van der Waals surface area contributed by atoms with Gasteiger partial charge in [0, 0.05) is 4.47 Å². The Bertz CT molecular complexity index is 702. The molecular formula is C14H10BrNO5. The molecule has 6 nitrogen and oxygen atoms in total. The van der Waals surface area contributed by atoms with Crippen molar-refractivity contribution in [1.29, 1.82) is 0 Å². The van der Waals surface area contributed by atoms with E-state index in [1.165, 1.54) is 19.2 Å². The molecule has 0 aliphatic heterocycles. The number of rotatable bonds is 5. The van der Waals surface area contributed by atoms with E-state index in [9.17, 15) is 14.9 Å². The van der Waals surface area contributed by atoms with Gasteiger partial charge < -0.3 is 9.47 Å². The molecule has 0 spiro atoms. The van der Waals surface area contributed by atoms with E-state index in [0.717, 1.165) is 0 Å². The van der Waals surface area contributed by atoms with E-state index < -0.39 is 4.92 Å². The number of hydrogen-bond acceptors (Lipinski definition) is 5. The first-order valence-electron chi connectivity index (χ1n) is 5.80. The normalized spacial score (nSPS) is 10.0. The summed E-state index contributed by atoms with van der Waals surface area (Å²) in [6.45, 7) is 0. The van der Waals surface area contributed by atoms with E-state index in [1.807, 2.05) is 0 Å². The predicted octanol–water partition coefficient (Wildman–Crippen LogP) is 3.97. The summed E-state index contributed by atoms with van der Waals surface area (Å²) in [5.41, 5.74) is 0.0450. The van der Waals surface area contributed by atoms with Crippen molar-refractivity contribution in [3.63, 3.8) is 0 Å². The highest BCUT2D eigenvalue weighted by atomic mass is 79.9. The summed E-state index contributed by atoms with van der Waals surface area (Å²) in [5, 5.41) is 11.1. The zero-order valence-electron chi connectivity index (χ0n) is 10.9. The lowest BCUT2D eigenvalue weighted by molar-refractivity contribution is -0.385. The second-order valence-corrected chi connectivity index (χ2v) is 4.91. The minimum Gasteiger partial charge on any atom is -0.496 e. The topological polar surface area (TPSA) is 78.7 Å². The Morgan fingerprint density at radius 2 is 1.90 bits per heavy atom. The molecule has 0 aliphatic rings. The molecule has 0 saturated heterocycles. The number of methoxy groups -OCH3 is 1. The Kier molecular flexibility index (Phi) is 4.54. The first-order chi connectivity index (χ1) is 10.0. The number of hydrogen-bond donors (Lipinski definition) is 0. The number of nitro groups is 1. The highest BCUT2D eigenvalue weighted by Crippen LogP contribution is 2.35. The van der Waals surface area contributed by atoms with Crippen LogP contribution in [-0.4, -0.2) is 18.3 Å². The van der Waals surface area contributed by atoms with Crippen LogP contribution in [0.3, 0.4) is 0 Å². The molecule has 2 aromatic rings. The zero-order valence-corrected chi connectivity index (χ0v) is 12.5. The van der Waals surface area contributed by atoms with Crippen molar-refractivity contribution < 1.29 is 19.2 Å². The van der Waals surface area contributed by atoms with Crippen molar-refractivity contribution >= 4 is 27.9 Å². The van der Waals surface area contributed by atoms with Crippen molar-refractivity contribution in [2.45, 2.75) is 0 Å². The number of nitrogens with zero attached hydrogens (tertiary/aromatic N) is 1. The lowest BCUT2D eigenvalue weighted by atomic mass is 10.2. The summed E-state index contributed by atoms with van der Waals surface area (Å²) in [7, 11) is 1.42. The van der Waals surface area contributed by atoms with Crippen LogP contribution in [0, 0.1) is 10.1 Å². The monoisotopic (exact) mass is 351 g/mol. The Labute approximate surface area is 128 Å². The third kappa shape index (κ3) is 3.38. The first kappa shape index (κ1) is 15.0. The van der Waals surface area contributed by atoms with Gasteiger partial charge in [-0.1, -0.05) is 15.9 Å². The van der Waals surface area contributed by atoms with E-state index >= 15 is 0 Å². The largest absolute Gasteiger partial charge is 0.496 e. The van der Waals surface area contributed by atoms with E-state index in [2.05, 4.69) is 15.9 Å². The van der Waals surface area contributed by atoms with Gasteiger partial charge in [-0.05, 0) is 30.3 Å². The third-order valence-corrected chi connectivity index (χ3v) is 3.17. The van der Waals surface area contributed by atoms with Gasteiger partial charge in [-0.3, -0.25) is 14.9 Å². The van der Waals surface area contributed by atoms with E-state index in [4.69, 9.17) is 9.47 Å². The molecule has 0 amide bonds. The Morgan fingerprint density at radius 3 is 2.52 bits per heavy atom. The van der Waals surface area contributed by atoms with Crippen LogP contribution in [0.5, 0.6) is 17.2 Å². The van der Waals surface area contributed by atoms with Crippen LogP contribution in [0.25, 0.3) is 0 Å². The van der Waals surface area contributed by atoms with Gasteiger partial charge in [-0.15, -0.1) is 0 Å². The summed E-state index contributed by atoms with van der Waals surface area (Å²) >= 11 is 3.24. The molecule has 0 atom stereocenters. The van der Waals surface area contributed by atoms with Gasteiger partial charge in [-0.25, -0.2) is 0 Å². The fourth-order valence-electron chi connectivity index (χ4n) is 1.68. The average molecular weight is 352 g/mol. The van der Waals surface area contributed by atoms with Crippen LogP contribution in [0.15, 0.2) is 40.9 Å². The smallest absolute Gasteiger partial charge is 0.315 e. The number of benzene rings is 2. The zero-order chi connectivity index (χ0) is 15.4. The molecule has 0 radical (unpaired) electrons. The molecule has 0 N–H and O–H groups in total. The third-order valence-electron chi connectivity index (χ3n) is 2.68. The molecule has 21 heavy (non-hydrogen) atoms. The summed E-state index contributed by atoms with van der Waals surface area (Å²) in [4.78, 5) is 21.5. The van der Waals surface area contributed by atoms with Crippen molar-refractivity contribution in [1.82, 2.24) is 0 Å². The molecule has 0 fully saturated rings. The molecule has 0 aromatic heterocycles. The Morgan fingerprint density at radius 1 is 1.19 bits per heavy atom. The minimum atomic E-state index is -0.572. The second kappa shape index (κ2) is 6.36. The lowest BCUT2D eigenvalue weighted by Crippen LogP contribution is -1.96. The number of nitro benzene ring substituents is 1. The van der Waals surface area contributed by atoms with Crippen LogP contribution in [0.2, 0.25) is 0 Å². The predicted molar refractivity (Wildman–Crippen MR) is 79.3 cm³/mol. The van der Waals surface area contributed by atoms with Crippen molar-refractivity contribution in [2.75, 3.05) is 7.11 Å². The number of ether oxygens (including phenoxy) is 2. The highest BCUT2D eigenvalue weighted by molar-refractivity contribution is 9.10. The van der Waals surface area contributed by atoms with Gasteiger partial charge >= 0.3 is 5.69 Å². The van der Waals surface area contributed by atoms with Gasteiger partial charge in [0.1, 0.15) is 11.5 Å². The van der Waals surface area contributed by atoms with Crippen LogP contribution in [0.1, 0.15) is 10.4 Å². The maximum absolute atomic E-state index is 11.1. The molecule has 7 heteroatoms. The van der Waals surface area contributed by atoms with E-state index in [0.29, 0.717) is 16.5 Å². The van der Waals surface area contributed by atoms with Gasteiger partial charge in [0.05, 0.1) is 23.7 Å². The Hall–Kier alpha value is -2.41. The van der Waals surface area contributed by atoms with Crippen molar-refractivity contribution in [3.05, 3.63) is 56.5 Å². The minimum absolute atomic E-state index is 0.0335. The summed E-state index contributed by atoms with van der Waals surface area (Å²) in [6.07, 6.45) is 0.620. The second-order valence-electron chi connectivity index (χ2n) is 3.99. The van der Waals surface area contributed by atoms with E-state index in [1.54, 1.807) is 24.3 Å². The number of carbonyl (C=O) groups excluding carboxylic acids is 1.